The SMILES string of the molecule is COc1ccc(-n2cncn2)c(CN)c1F.COc1ccc(-n2cncn2)c(CN2C(=O)c3ccccc3C2=O)c1F. The molecule has 6 rings (SSSR count). The Morgan fingerprint density at radius 3 is 1.64 bits per heavy atom. The summed E-state index contributed by atoms with van der Waals surface area (Å²) >= 11 is 0. The molecule has 0 radical (unpaired) electrons. The van der Waals surface area contributed by atoms with Crippen LogP contribution >= 0.6 is 0 Å². The fourth-order valence-electron chi connectivity index (χ4n) is 4.47. The molecule has 0 spiro atoms. The monoisotopic (exact) mass is 574 g/mol. The Morgan fingerprint density at radius 1 is 0.738 bits per heavy atom. The molecule has 0 unspecified atom stereocenters. The van der Waals surface area contributed by atoms with Crippen LogP contribution in [0.2, 0.25) is 0 Å². The topological polar surface area (TPSA) is 143 Å². The smallest absolute Gasteiger partial charge is 0.261 e. The van der Waals surface area contributed by atoms with Gasteiger partial charge < -0.3 is 15.2 Å². The summed E-state index contributed by atoms with van der Waals surface area (Å²) in [7, 11) is 2.76. The van der Waals surface area contributed by atoms with Crippen molar-refractivity contribution >= 4 is 11.8 Å². The molecule has 0 saturated heterocycles. The first-order valence-electron chi connectivity index (χ1n) is 12.5. The first-order valence-corrected chi connectivity index (χ1v) is 12.5. The second-order valence-corrected chi connectivity index (χ2v) is 8.79. The summed E-state index contributed by atoms with van der Waals surface area (Å²) in [5, 5.41) is 7.94. The first kappa shape index (κ1) is 28.0. The van der Waals surface area contributed by atoms with Crippen LogP contribution in [0, 0.1) is 11.6 Å². The minimum atomic E-state index is -0.656. The highest BCUT2D eigenvalue weighted by atomic mass is 19.1. The van der Waals surface area contributed by atoms with E-state index in [0.717, 1.165) is 4.90 Å². The van der Waals surface area contributed by atoms with Crippen LogP contribution < -0.4 is 15.2 Å². The van der Waals surface area contributed by atoms with Crippen molar-refractivity contribution in [3.8, 4) is 22.9 Å². The Labute approximate surface area is 237 Å². The zero-order chi connectivity index (χ0) is 29.8. The Morgan fingerprint density at radius 2 is 1.21 bits per heavy atom. The van der Waals surface area contributed by atoms with Crippen LogP contribution in [0.4, 0.5) is 8.78 Å². The molecule has 2 amide bonds. The number of ether oxygens (including phenoxy) is 2. The maximum atomic E-state index is 14.9. The molecule has 5 aromatic rings. The van der Waals surface area contributed by atoms with Crippen molar-refractivity contribution in [1.29, 1.82) is 0 Å². The standard InChI is InChI=1S/C18H13FN4O3.C10H11FN4O/c1-26-15-7-6-14(23-10-20-9-21-23)13(16(15)19)8-22-17(24)11-4-2-3-5-12(11)18(22)25;1-16-9-3-2-8(7(4-12)10(9)11)15-6-13-5-14-15/h2-7,9-10H,8H2,1H3;2-3,5-6H,4,12H2,1H3. The number of carbonyl (C=O) groups is 2. The Balaban J connectivity index is 0.000000189. The van der Waals surface area contributed by atoms with Gasteiger partial charge in [0.05, 0.1) is 43.3 Å². The van der Waals surface area contributed by atoms with Crippen molar-refractivity contribution in [3.63, 3.8) is 0 Å². The molecule has 214 valence electrons. The number of hydrogen-bond acceptors (Lipinski definition) is 9. The third kappa shape index (κ3) is 5.06. The molecule has 0 atom stereocenters. The molecule has 2 N–H and O–H groups in total. The number of amides is 2. The lowest BCUT2D eigenvalue weighted by Crippen LogP contribution is -2.30. The lowest BCUT2D eigenvalue weighted by atomic mass is 10.1. The van der Waals surface area contributed by atoms with Crippen molar-refractivity contribution in [2.45, 2.75) is 13.1 Å². The van der Waals surface area contributed by atoms with Gasteiger partial charge in [0.1, 0.15) is 25.3 Å². The van der Waals surface area contributed by atoms with Crippen LogP contribution in [0.3, 0.4) is 0 Å². The number of benzene rings is 3. The minimum Gasteiger partial charge on any atom is -0.494 e. The summed E-state index contributed by atoms with van der Waals surface area (Å²) in [4.78, 5) is 33.9. The van der Waals surface area contributed by atoms with E-state index < -0.39 is 23.4 Å². The summed E-state index contributed by atoms with van der Waals surface area (Å²) in [6.45, 7) is -0.178. The molecule has 42 heavy (non-hydrogen) atoms. The van der Waals surface area contributed by atoms with Crippen molar-refractivity contribution in [2.75, 3.05) is 14.2 Å². The molecular formula is C28H24F2N8O4. The van der Waals surface area contributed by atoms with E-state index in [2.05, 4.69) is 20.2 Å². The van der Waals surface area contributed by atoms with Crippen molar-refractivity contribution < 1.29 is 27.8 Å². The van der Waals surface area contributed by atoms with Crippen LogP contribution in [0.1, 0.15) is 31.8 Å². The Bertz CT molecular complexity index is 1710. The zero-order valence-corrected chi connectivity index (χ0v) is 22.4. The summed E-state index contributed by atoms with van der Waals surface area (Å²) in [5.74, 6) is -1.85. The predicted molar refractivity (Wildman–Crippen MR) is 144 cm³/mol. The number of fused-ring (bicyclic) bond motifs is 1. The largest absolute Gasteiger partial charge is 0.494 e. The summed E-state index contributed by atoms with van der Waals surface area (Å²) in [6.07, 6.45) is 5.59. The van der Waals surface area contributed by atoms with E-state index in [4.69, 9.17) is 15.2 Å². The van der Waals surface area contributed by atoms with Crippen molar-refractivity contribution in [2.24, 2.45) is 5.73 Å². The first-order chi connectivity index (χ1) is 20.4. The lowest BCUT2D eigenvalue weighted by Gasteiger charge is -2.18. The normalized spacial score (nSPS) is 12.2. The second-order valence-electron chi connectivity index (χ2n) is 8.79. The van der Waals surface area contributed by atoms with E-state index in [1.54, 1.807) is 36.4 Å². The molecule has 0 aliphatic carbocycles. The average molecular weight is 575 g/mol. The van der Waals surface area contributed by atoms with Gasteiger partial charge in [0.2, 0.25) is 0 Å². The fourth-order valence-corrected chi connectivity index (χ4v) is 4.47. The Hall–Kier alpha value is -5.50. The van der Waals surface area contributed by atoms with Gasteiger partial charge in [-0.3, -0.25) is 14.5 Å². The molecule has 2 aromatic heterocycles. The van der Waals surface area contributed by atoms with Gasteiger partial charge in [0, 0.05) is 17.7 Å². The average Bonchev–Trinajstić information content (AvgIpc) is 3.79. The van der Waals surface area contributed by atoms with Crippen LogP contribution in [0.25, 0.3) is 11.4 Å². The van der Waals surface area contributed by atoms with Crippen LogP contribution in [-0.4, -0.2) is 60.5 Å². The number of nitrogens with zero attached hydrogens (tertiary/aromatic N) is 7. The molecule has 3 aromatic carbocycles. The van der Waals surface area contributed by atoms with Gasteiger partial charge in [-0.15, -0.1) is 0 Å². The number of methoxy groups -OCH3 is 2. The predicted octanol–water partition coefficient (Wildman–Crippen LogP) is 3.08. The van der Waals surface area contributed by atoms with Crippen LogP contribution in [-0.2, 0) is 13.1 Å². The number of carbonyl (C=O) groups excluding carboxylic acids is 2. The van der Waals surface area contributed by atoms with E-state index in [-0.39, 0.29) is 30.2 Å². The van der Waals surface area contributed by atoms with Crippen molar-refractivity contribution in [1.82, 2.24) is 34.4 Å². The molecular weight excluding hydrogens is 550 g/mol. The van der Waals surface area contributed by atoms with Gasteiger partial charge in [0.15, 0.2) is 23.1 Å². The van der Waals surface area contributed by atoms with Crippen LogP contribution in [0.5, 0.6) is 11.5 Å². The summed E-state index contributed by atoms with van der Waals surface area (Å²) in [5.41, 5.74) is 7.55. The number of halogens is 2. The van der Waals surface area contributed by atoms with Crippen molar-refractivity contribution in [3.05, 3.63) is 108 Å². The minimum absolute atomic E-state index is 0.0143. The maximum Gasteiger partial charge on any atom is 0.261 e. The van der Waals surface area contributed by atoms with Gasteiger partial charge in [-0.1, -0.05) is 12.1 Å². The van der Waals surface area contributed by atoms with Crippen LogP contribution in [0.15, 0.2) is 73.8 Å². The molecule has 1 aliphatic heterocycles. The molecule has 0 saturated carbocycles. The van der Waals surface area contributed by atoms with Gasteiger partial charge >= 0.3 is 0 Å². The van der Waals surface area contributed by atoms with E-state index in [1.807, 2.05) is 0 Å². The molecule has 3 heterocycles. The van der Waals surface area contributed by atoms with E-state index in [0.29, 0.717) is 28.1 Å². The van der Waals surface area contributed by atoms with E-state index >= 15 is 0 Å². The molecule has 12 nitrogen and oxygen atoms in total. The highest BCUT2D eigenvalue weighted by Crippen LogP contribution is 2.31. The molecule has 0 fully saturated rings. The van der Waals surface area contributed by atoms with Gasteiger partial charge in [-0.05, 0) is 36.4 Å². The van der Waals surface area contributed by atoms with E-state index in [1.165, 1.54) is 61.0 Å². The summed E-state index contributed by atoms with van der Waals surface area (Å²) < 4.78 is 41.5. The highest BCUT2D eigenvalue weighted by molar-refractivity contribution is 6.21. The van der Waals surface area contributed by atoms with Gasteiger partial charge in [-0.25, -0.2) is 28.1 Å². The fraction of sp³-hybridized carbons (Fsp3) is 0.143. The maximum absolute atomic E-state index is 14.9. The number of nitrogens with two attached hydrogens (primary N) is 1. The van der Waals surface area contributed by atoms with E-state index in [9.17, 15) is 18.4 Å². The number of rotatable bonds is 7. The second kappa shape index (κ2) is 11.9. The quantitative estimate of drug-likeness (QED) is 0.290. The summed E-state index contributed by atoms with van der Waals surface area (Å²) in [6, 6.07) is 12.8. The number of imide groups is 1. The highest BCUT2D eigenvalue weighted by Gasteiger charge is 2.36. The van der Waals surface area contributed by atoms with Gasteiger partial charge in [-0.2, -0.15) is 10.2 Å². The third-order valence-electron chi connectivity index (χ3n) is 6.54. The van der Waals surface area contributed by atoms with Gasteiger partial charge in [0.25, 0.3) is 11.8 Å². The number of hydrogen-bond donors (Lipinski definition) is 1. The third-order valence-corrected chi connectivity index (χ3v) is 6.54. The molecule has 0 bridgehead atoms. The lowest BCUT2D eigenvalue weighted by molar-refractivity contribution is 0.0640. The number of aromatic nitrogens is 6. The Kier molecular flexibility index (Phi) is 7.97. The zero-order valence-electron chi connectivity index (χ0n) is 22.4. The molecule has 1 aliphatic rings. The molecule has 14 heteroatoms.